The molecule has 3 heteroatoms. The van der Waals surface area contributed by atoms with Gasteiger partial charge in [0.05, 0.1) is 0 Å². The van der Waals surface area contributed by atoms with E-state index < -0.39 is 0 Å². The number of benzene rings is 2. The topological polar surface area (TPSA) is 29.3 Å². The molecule has 0 unspecified atom stereocenters. The zero-order valence-corrected chi connectivity index (χ0v) is 12.9. The van der Waals surface area contributed by atoms with Crippen molar-refractivity contribution in [2.45, 2.75) is 19.9 Å². The first-order chi connectivity index (χ1) is 9.13. The van der Waals surface area contributed by atoms with Crippen LogP contribution in [0.1, 0.15) is 25.5 Å². The van der Waals surface area contributed by atoms with Crippen LogP contribution in [0.15, 0.2) is 53.0 Å². The third-order valence-corrected chi connectivity index (χ3v) is 3.86. The third-order valence-electron chi connectivity index (χ3n) is 3.17. The minimum atomic E-state index is 0.0372. The van der Waals surface area contributed by atoms with Gasteiger partial charge in [-0.05, 0) is 43.7 Å². The molecule has 1 atom stereocenters. The molecular formula is C16H19BrN2. The Morgan fingerprint density at radius 2 is 1.79 bits per heavy atom. The van der Waals surface area contributed by atoms with Crippen molar-refractivity contribution in [1.29, 1.82) is 0 Å². The van der Waals surface area contributed by atoms with Crippen molar-refractivity contribution >= 4 is 27.3 Å². The lowest BCUT2D eigenvalue weighted by molar-refractivity contribution is 0.813. The second-order valence-corrected chi connectivity index (χ2v) is 5.43. The zero-order chi connectivity index (χ0) is 13.8. The highest BCUT2D eigenvalue weighted by Gasteiger charge is 2.10. The zero-order valence-electron chi connectivity index (χ0n) is 11.3. The van der Waals surface area contributed by atoms with Crippen molar-refractivity contribution in [3.8, 4) is 0 Å². The van der Waals surface area contributed by atoms with Gasteiger partial charge in [0.25, 0.3) is 0 Å². The highest BCUT2D eigenvalue weighted by molar-refractivity contribution is 9.10. The smallest absolute Gasteiger partial charge is 0.0422 e. The summed E-state index contributed by atoms with van der Waals surface area (Å²) in [6.07, 6.45) is 0. The summed E-state index contributed by atoms with van der Waals surface area (Å²) in [6.45, 7) is 5.07. The fourth-order valence-electron chi connectivity index (χ4n) is 2.18. The fraction of sp³-hybridized carbons (Fsp3) is 0.250. The Balaban J connectivity index is 2.37. The molecule has 0 fully saturated rings. The lowest BCUT2D eigenvalue weighted by atomic mass is 10.1. The standard InChI is InChI=1S/C16H19BrN2/c1-3-19(13-7-5-4-6-8-13)14-9-10-15(12(2)18)16(17)11-14/h4-12H,3,18H2,1-2H3/t12-/m0/s1. The van der Waals surface area contributed by atoms with Crippen LogP contribution in [0, 0.1) is 0 Å². The van der Waals surface area contributed by atoms with Crippen molar-refractivity contribution in [2.75, 3.05) is 11.4 Å². The van der Waals surface area contributed by atoms with Gasteiger partial charge in [0, 0.05) is 28.4 Å². The van der Waals surface area contributed by atoms with E-state index in [9.17, 15) is 0 Å². The van der Waals surface area contributed by atoms with E-state index in [4.69, 9.17) is 5.73 Å². The maximum absolute atomic E-state index is 5.94. The molecule has 0 heterocycles. The van der Waals surface area contributed by atoms with Crippen LogP contribution in [0.4, 0.5) is 11.4 Å². The number of nitrogens with zero attached hydrogens (tertiary/aromatic N) is 1. The van der Waals surface area contributed by atoms with Crippen LogP contribution in [0.3, 0.4) is 0 Å². The van der Waals surface area contributed by atoms with Crippen molar-refractivity contribution in [3.05, 3.63) is 58.6 Å². The minimum Gasteiger partial charge on any atom is -0.342 e. The van der Waals surface area contributed by atoms with E-state index in [2.05, 4.69) is 70.2 Å². The molecule has 0 amide bonds. The largest absolute Gasteiger partial charge is 0.342 e. The first-order valence-electron chi connectivity index (χ1n) is 6.51. The molecule has 2 N–H and O–H groups in total. The summed E-state index contributed by atoms with van der Waals surface area (Å²) < 4.78 is 1.06. The predicted octanol–water partition coefficient (Wildman–Crippen LogP) is 4.63. The number of halogens is 1. The van der Waals surface area contributed by atoms with Gasteiger partial charge in [0.15, 0.2) is 0 Å². The Hall–Kier alpha value is -1.32. The van der Waals surface area contributed by atoms with Crippen LogP contribution in [0.2, 0.25) is 0 Å². The van der Waals surface area contributed by atoms with Crippen LogP contribution in [-0.2, 0) is 0 Å². The molecule has 100 valence electrons. The van der Waals surface area contributed by atoms with E-state index >= 15 is 0 Å². The highest BCUT2D eigenvalue weighted by Crippen LogP contribution is 2.31. The van der Waals surface area contributed by atoms with E-state index in [0.29, 0.717) is 0 Å². The van der Waals surface area contributed by atoms with Crippen molar-refractivity contribution < 1.29 is 0 Å². The first kappa shape index (κ1) is 14.1. The number of hydrogen-bond acceptors (Lipinski definition) is 2. The monoisotopic (exact) mass is 318 g/mol. The molecule has 0 aromatic heterocycles. The molecule has 2 nitrogen and oxygen atoms in total. The number of nitrogens with two attached hydrogens (primary N) is 1. The van der Waals surface area contributed by atoms with E-state index in [1.807, 2.05) is 13.0 Å². The molecule has 2 rings (SSSR count). The first-order valence-corrected chi connectivity index (χ1v) is 7.30. The van der Waals surface area contributed by atoms with Crippen molar-refractivity contribution in [3.63, 3.8) is 0 Å². The van der Waals surface area contributed by atoms with Gasteiger partial charge in [0.1, 0.15) is 0 Å². The van der Waals surface area contributed by atoms with Gasteiger partial charge in [-0.25, -0.2) is 0 Å². The van der Waals surface area contributed by atoms with Crippen LogP contribution in [0.25, 0.3) is 0 Å². The molecule has 0 bridgehead atoms. The highest BCUT2D eigenvalue weighted by atomic mass is 79.9. The lowest BCUT2D eigenvalue weighted by Crippen LogP contribution is -2.16. The Labute approximate surface area is 123 Å². The molecule has 0 aliphatic rings. The van der Waals surface area contributed by atoms with Gasteiger partial charge in [-0.3, -0.25) is 0 Å². The van der Waals surface area contributed by atoms with Crippen LogP contribution in [-0.4, -0.2) is 6.54 Å². The van der Waals surface area contributed by atoms with Crippen molar-refractivity contribution in [2.24, 2.45) is 5.73 Å². The van der Waals surface area contributed by atoms with Gasteiger partial charge in [-0.15, -0.1) is 0 Å². The lowest BCUT2D eigenvalue weighted by Gasteiger charge is -2.24. The molecule has 2 aromatic carbocycles. The minimum absolute atomic E-state index is 0.0372. The maximum Gasteiger partial charge on any atom is 0.0422 e. The summed E-state index contributed by atoms with van der Waals surface area (Å²) in [7, 11) is 0. The molecule has 19 heavy (non-hydrogen) atoms. The van der Waals surface area contributed by atoms with E-state index in [0.717, 1.165) is 16.6 Å². The summed E-state index contributed by atoms with van der Waals surface area (Å²) >= 11 is 3.61. The Morgan fingerprint density at radius 3 is 2.32 bits per heavy atom. The maximum atomic E-state index is 5.94. The SMILES string of the molecule is CCN(c1ccccc1)c1ccc([C@H](C)N)c(Br)c1. The summed E-state index contributed by atoms with van der Waals surface area (Å²) in [5, 5.41) is 0. The number of anilines is 2. The summed E-state index contributed by atoms with van der Waals surface area (Å²) in [4.78, 5) is 2.27. The average molecular weight is 319 g/mol. The Bertz CT molecular complexity index is 538. The van der Waals surface area contributed by atoms with Crippen LogP contribution >= 0.6 is 15.9 Å². The predicted molar refractivity (Wildman–Crippen MR) is 85.9 cm³/mol. The molecular weight excluding hydrogens is 300 g/mol. The third kappa shape index (κ3) is 3.17. The molecule has 0 aliphatic carbocycles. The van der Waals surface area contributed by atoms with Gasteiger partial charge in [-0.2, -0.15) is 0 Å². The van der Waals surface area contributed by atoms with Gasteiger partial charge in [-0.1, -0.05) is 40.2 Å². The van der Waals surface area contributed by atoms with Crippen molar-refractivity contribution in [1.82, 2.24) is 0 Å². The van der Waals surface area contributed by atoms with E-state index in [-0.39, 0.29) is 6.04 Å². The van der Waals surface area contributed by atoms with E-state index in [1.165, 1.54) is 11.4 Å². The summed E-state index contributed by atoms with van der Waals surface area (Å²) in [5.74, 6) is 0. The normalized spacial score (nSPS) is 12.2. The summed E-state index contributed by atoms with van der Waals surface area (Å²) in [5.41, 5.74) is 9.44. The Morgan fingerprint density at radius 1 is 1.11 bits per heavy atom. The molecule has 0 spiro atoms. The van der Waals surface area contributed by atoms with Gasteiger partial charge >= 0.3 is 0 Å². The molecule has 0 saturated heterocycles. The quantitative estimate of drug-likeness (QED) is 0.890. The van der Waals surface area contributed by atoms with E-state index in [1.54, 1.807) is 0 Å². The molecule has 0 aliphatic heterocycles. The van der Waals surface area contributed by atoms with Crippen LogP contribution in [0.5, 0.6) is 0 Å². The van der Waals surface area contributed by atoms with Gasteiger partial charge < -0.3 is 10.6 Å². The second kappa shape index (κ2) is 6.22. The number of rotatable bonds is 4. The summed E-state index contributed by atoms with van der Waals surface area (Å²) in [6, 6.07) is 16.8. The van der Waals surface area contributed by atoms with Crippen LogP contribution < -0.4 is 10.6 Å². The van der Waals surface area contributed by atoms with Gasteiger partial charge in [0.2, 0.25) is 0 Å². The second-order valence-electron chi connectivity index (χ2n) is 4.57. The number of para-hydroxylation sites is 1. The Kier molecular flexibility index (Phi) is 4.61. The fourth-order valence-corrected chi connectivity index (χ4v) is 2.90. The molecule has 0 radical (unpaired) electrons. The number of hydrogen-bond donors (Lipinski definition) is 1. The molecule has 0 saturated carbocycles. The average Bonchev–Trinajstić information content (AvgIpc) is 2.40. The molecule has 2 aromatic rings.